The van der Waals surface area contributed by atoms with E-state index in [9.17, 15) is 4.79 Å². The van der Waals surface area contributed by atoms with Crippen LogP contribution in [0.4, 0.5) is 0 Å². The Bertz CT molecular complexity index is 715. The van der Waals surface area contributed by atoms with Crippen molar-refractivity contribution in [2.75, 3.05) is 19.0 Å². The summed E-state index contributed by atoms with van der Waals surface area (Å²) in [6.45, 7) is 5.16. The molecule has 0 aromatic heterocycles. The highest BCUT2D eigenvalue weighted by Gasteiger charge is 2.15. The molecule has 1 N–H and O–H groups in total. The summed E-state index contributed by atoms with van der Waals surface area (Å²) < 4.78 is 11.1. The van der Waals surface area contributed by atoms with Gasteiger partial charge in [-0.2, -0.15) is 0 Å². The molecule has 1 heterocycles. The van der Waals surface area contributed by atoms with E-state index in [4.69, 9.17) is 9.47 Å². The van der Waals surface area contributed by atoms with Crippen molar-refractivity contribution < 1.29 is 14.3 Å². The van der Waals surface area contributed by atoms with Crippen LogP contribution in [-0.2, 0) is 4.79 Å². The minimum absolute atomic E-state index is 0.0166. The van der Waals surface area contributed by atoms with Gasteiger partial charge < -0.3 is 14.8 Å². The highest BCUT2D eigenvalue weighted by atomic mass is 32.2. The van der Waals surface area contributed by atoms with Crippen LogP contribution in [0.15, 0.2) is 47.4 Å². The number of rotatable bonds is 5. The molecule has 0 saturated carbocycles. The van der Waals surface area contributed by atoms with Crippen molar-refractivity contribution in [3.05, 3.63) is 53.6 Å². The normalized spacial score (nSPS) is 14.1. The molecule has 1 aliphatic rings. The predicted molar refractivity (Wildman–Crippen MR) is 95.9 cm³/mol. The molecule has 1 atom stereocenters. The van der Waals surface area contributed by atoms with Crippen molar-refractivity contribution in [2.45, 2.75) is 24.8 Å². The van der Waals surface area contributed by atoms with Crippen LogP contribution in [0.2, 0.25) is 0 Å². The number of benzene rings is 2. The molecule has 0 unspecified atom stereocenters. The summed E-state index contributed by atoms with van der Waals surface area (Å²) in [4.78, 5) is 13.3. The molecule has 24 heavy (non-hydrogen) atoms. The number of nitrogens with one attached hydrogen (secondary N) is 1. The lowest BCUT2D eigenvalue weighted by Gasteiger charge is -2.21. The number of ether oxygens (including phenoxy) is 2. The number of fused-ring (bicyclic) bond motifs is 1. The molecule has 1 aliphatic heterocycles. The number of carbonyl (C=O) groups excluding carboxylic acids is 1. The molecule has 0 aliphatic carbocycles. The summed E-state index contributed by atoms with van der Waals surface area (Å²) in [5.74, 6) is 1.92. The zero-order valence-electron chi connectivity index (χ0n) is 13.9. The van der Waals surface area contributed by atoms with Gasteiger partial charge in [-0.1, -0.05) is 23.8 Å². The third-order valence-electron chi connectivity index (χ3n) is 3.83. The molecule has 0 saturated heterocycles. The fourth-order valence-corrected chi connectivity index (χ4v) is 3.19. The van der Waals surface area contributed by atoms with Crippen LogP contribution in [0, 0.1) is 6.92 Å². The van der Waals surface area contributed by atoms with Gasteiger partial charge in [0.1, 0.15) is 13.2 Å². The Balaban J connectivity index is 1.55. The number of hydrogen-bond donors (Lipinski definition) is 1. The van der Waals surface area contributed by atoms with Gasteiger partial charge in [0.25, 0.3) is 0 Å². The van der Waals surface area contributed by atoms with Gasteiger partial charge in [0.2, 0.25) is 5.91 Å². The van der Waals surface area contributed by atoms with Crippen molar-refractivity contribution in [2.24, 2.45) is 0 Å². The smallest absolute Gasteiger partial charge is 0.230 e. The van der Waals surface area contributed by atoms with Crippen LogP contribution in [-0.4, -0.2) is 24.9 Å². The summed E-state index contributed by atoms with van der Waals surface area (Å²) in [5.41, 5.74) is 2.23. The maximum Gasteiger partial charge on any atom is 0.230 e. The second-order valence-corrected chi connectivity index (χ2v) is 6.84. The minimum Gasteiger partial charge on any atom is -0.486 e. The van der Waals surface area contributed by atoms with Crippen molar-refractivity contribution in [3.63, 3.8) is 0 Å². The van der Waals surface area contributed by atoms with E-state index in [1.165, 1.54) is 5.56 Å². The van der Waals surface area contributed by atoms with E-state index in [1.807, 2.05) is 37.3 Å². The first-order valence-electron chi connectivity index (χ1n) is 8.00. The van der Waals surface area contributed by atoms with Crippen LogP contribution in [0.1, 0.15) is 24.1 Å². The van der Waals surface area contributed by atoms with E-state index in [2.05, 4.69) is 24.4 Å². The van der Waals surface area contributed by atoms with Crippen LogP contribution in [0.5, 0.6) is 11.5 Å². The van der Waals surface area contributed by atoms with Gasteiger partial charge in [0.05, 0.1) is 11.8 Å². The Morgan fingerprint density at radius 1 is 1.12 bits per heavy atom. The van der Waals surface area contributed by atoms with Crippen LogP contribution in [0.25, 0.3) is 0 Å². The zero-order chi connectivity index (χ0) is 16.9. The summed E-state index contributed by atoms with van der Waals surface area (Å²) >= 11 is 1.54. The first-order chi connectivity index (χ1) is 11.6. The lowest BCUT2D eigenvalue weighted by Crippen LogP contribution is -2.28. The maximum absolute atomic E-state index is 12.2. The first-order valence-corrected chi connectivity index (χ1v) is 8.99. The van der Waals surface area contributed by atoms with E-state index in [-0.39, 0.29) is 11.9 Å². The third-order valence-corrected chi connectivity index (χ3v) is 4.85. The monoisotopic (exact) mass is 343 g/mol. The number of thioether (sulfide) groups is 1. The van der Waals surface area contributed by atoms with E-state index < -0.39 is 0 Å². The van der Waals surface area contributed by atoms with Crippen LogP contribution in [0.3, 0.4) is 0 Å². The SMILES string of the molecule is Cc1ccc(SCC(=O)N[C@H](C)c2ccc3c(c2)OCCO3)cc1. The molecule has 126 valence electrons. The standard InChI is InChI=1S/C19H21NO3S/c1-13-3-6-16(7-4-13)24-12-19(21)20-14(2)15-5-8-17-18(11-15)23-10-9-22-17/h3-8,11,14H,9-10,12H2,1-2H3,(H,20,21)/t14-/m1/s1. The second kappa shape index (κ2) is 7.62. The van der Waals surface area contributed by atoms with Crippen LogP contribution >= 0.6 is 11.8 Å². The van der Waals surface area contributed by atoms with Crippen molar-refractivity contribution in [1.29, 1.82) is 0 Å². The molecule has 1 amide bonds. The molecule has 0 fully saturated rings. The molecular formula is C19H21NO3S. The molecule has 0 radical (unpaired) electrons. The third kappa shape index (κ3) is 4.23. The van der Waals surface area contributed by atoms with Gasteiger partial charge in [-0.15, -0.1) is 11.8 Å². The molecule has 4 nitrogen and oxygen atoms in total. The molecular weight excluding hydrogens is 322 g/mol. The first kappa shape index (κ1) is 16.7. The van der Waals surface area contributed by atoms with Crippen molar-refractivity contribution in [1.82, 2.24) is 5.32 Å². The number of amides is 1. The summed E-state index contributed by atoms with van der Waals surface area (Å²) in [6, 6.07) is 13.9. The Morgan fingerprint density at radius 2 is 1.83 bits per heavy atom. The molecule has 5 heteroatoms. The van der Waals surface area contributed by atoms with Gasteiger partial charge in [0, 0.05) is 4.90 Å². The predicted octanol–water partition coefficient (Wildman–Crippen LogP) is 3.74. The maximum atomic E-state index is 12.2. The zero-order valence-corrected chi connectivity index (χ0v) is 14.7. The number of aryl methyl sites for hydroxylation is 1. The molecule has 0 bridgehead atoms. The van der Waals surface area contributed by atoms with Gasteiger partial charge in [-0.05, 0) is 43.7 Å². The van der Waals surface area contributed by atoms with E-state index in [0.717, 1.165) is 22.0 Å². The topological polar surface area (TPSA) is 47.6 Å². The lowest BCUT2D eigenvalue weighted by molar-refractivity contribution is -0.119. The Labute approximate surface area is 146 Å². The van der Waals surface area contributed by atoms with Gasteiger partial charge in [-0.3, -0.25) is 4.79 Å². The highest BCUT2D eigenvalue weighted by molar-refractivity contribution is 8.00. The van der Waals surface area contributed by atoms with Gasteiger partial charge >= 0.3 is 0 Å². The molecule has 2 aromatic carbocycles. The summed E-state index contributed by atoms with van der Waals surface area (Å²) in [5, 5.41) is 3.03. The van der Waals surface area contributed by atoms with E-state index in [0.29, 0.717) is 19.0 Å². The average molecular weight is 343 g/mol. The Morgan fingerprint density at radius 3 is 2.58 bits per heavy atom. The van der Waals surface area contributed by atoms with Crippen molar-refractivity contribution in [3.8, 4) is 11.5 Å². The number of hydrogen-bond acceptors (Lipinski definition) is 4. The summed E-state index contributed by atoms with van der Waals surface area (Å²) in [6.07, 6.45) is 0. The second-order valence-electron chi connectivity index (χ2n) is 5.79. The molecule has 3 rings (SSSR count). The van der Waals surface area contributed by atoms with Crippen LogP contribution < -0.4 is 14.8 Å². The lowest BCUT2D eigenvalue weighted by atomic mass is 10.1. The Kier molecular flexibility index (Phi) is 5.30. The Hall–Kier alpha value is -2.14. The number of carbonyl (C=O) groups is 1. The molecule has 0 spiro atoms. The van der Waals surface area contributed by atoms with Crippen molar-refractivity contribution >= 4 is 17.7 Å². The average Bonchev–Trinajstić information content (AvgIpc) is 2.61. The van der Waals surface area contributed by atoms with Gasteiger partial charge in [-0.25, -0.2) is 0 Å². The quantitative estimate of drug-likeness (QED) is 0.840. The largest absolute Gasteiger partial charge is 0.486 e. The fraction of sp³-hybridized carbons (Fsp3) is 0.316. The summed E-state index contributed by atoms with van der Waals surface area (Å²) in [7, 11) is 0. The highest BCUT2D eigenvalue weighted by Crippen LogP contribution is 2.32. The van der Waals surface area contributed by atoms with E-state index in [1.54, 1.807) is 11.8 Å². The van der Waals surface area contributed by atoms with Gasteiger partial charge in [0.15, 0.2) is 11.5 Å². The molecule has 2 aromatic rings. The van der Waals surface area contributed by atoms with E-state index >= 15 is 0 Å². The minimum atomic E-state index is -0.0769. The fourth-order valence-electron chi connectivity index (χ4n) is 2.48.